The van der Waals surface area contributed by atoms with Crippen LogP contribution in [-0.2, 0) is 6.42 Å². The average molecular weight is 157 g/mol. The molecule has 0 saturated heterocycles. The Labute approximate surface area is 69.6 Å². The minimum absolute atomic E-state index is 0.806. The molecular weight excluding hydrogens is 138 g/mol. The van der Waals surface area contributed by atoms with Crippen LogP contribution in [0.5, 0.6) is 0 Å². The largest absolute Gasteiger partial charge is 0.449 e. The fourth-order valence-electron chi connectivity index (χ4n) is 0.428. The summed E-state index contributed by atoms with van der Waals surface area (Å²) in [5.41, 5.74) is 0. The fraction of sp³-hybridized carbons (Fsp3) is 0.667. The highest BCUT2D eigenvalue weighted by Crippen LogP contribution is 1.92. The van der Waals surface area contributed by atoms with Crippen LogP contribution >= 0.6 is 0 Å². The Morgan fingerprint density at radius 3 is 2.00 bits per heavy atom. The predicted molar refractivity (Wildman–Crippen MR) is 48.6 cm³/mol. The summed E-state index contributed by atoms with van der Waals surface area (Å²) in [5.74, 6) is 0.806. The van der Waals surface area contributed by atoms with E-state index in [1.54, 1.807) is 12.5 Å². The third-order valence-corrected chi connectivity index (χ3v) is 0.786. The van der Waals surface area contributed by atoms with Gasteiger partial charge >= 0.3 is 0 Å². The Morgan fingerprint density at radius 1 is 1.27 bits per heavy atom. The molecule has 0 aliphatic carbocycles. The first kappa shape index (κ1) is 12.8. The van der Waals surface area contributed by atoms with Gasteiger partial charge in [-0.3, -0.25) is 0 Å². The lowest BCUT2D eigenvalue weighted by Gasteiger charge is -1.77. The molecule has 2 heteroatoms. The van der Waals surface area contributed by atoms with Crippen LogP contribution < -0.4 is 0 Å². The second kappa shape index (κ2) is 11.9. The second-order valence-corrected chi connectivity index (χ2v) is 1.28. The van der Waals surface area contributed by atoms with Crippen molar-refractivity contribution in [3.8, 4) is 0 Å². The Bertz CT molecular complexity index is 124. The smallest absolute Gasteiger partial charge is 0.193 e. The van der Waals surface area contributed by atoms with Gasteiger partial charge in [0.2, 0.25) is 0 Å². The Hall–Kier alpha value is -0.790. The van der Waals surface area contributed by atoms with E-state index in [2.05, 4.69) is 4.98 Å². The highest BCUT2D eigenvalue weighted by Gasteiger charge is 1.86. The number of aromatic nitrogens is 1. The zero-order valence-corrected chi connectivity index (χ0v) is 8.22. The molecule has 1 rings (SSSR count). The third-order valence-electron chi connectivity index (χ3n) is 0.786. The highest BCUT2D eigenvalue weighted by atomic mass is 16.3. The summed E-state index contributed by atoms with van der Waals surface area (Å²) in [6, 6.07) is 0. The van der Waals surface area contributed by atoms with E-state index in [0.717, 1.165) is 12.3 Å². The van der Waals surface area contributed by atoms with Gasteiger partial charge in [0.15, 0.2) is 5.89 Å². The number of aryl methyl sites for hydroxylation is 1. The molecule has 0 radical (unpaired) electrons. The Balaban J connectivity index is 0. The summed E-state index contributed by atoms with van der Waals surface area (Å²) in [7, 11) is 0. The van der Waals surface area contributed by atoms with Crippen LogP contribution in [0.25, 0.3) is 0 Å². The van der Waals surface area contributed by atoms with E-state index in [9.17, 15) is 0 Å². The fourth-order valence-corrected chi connectivity index (χ4v) is 0.428. The van der Waals surface area contributed by atoms with Crippen molar-refractivity contribution in [3.63, 3.8) is 0 Å². The Kier molecular flexibility index (Phi) is 13.9. The maximum Gasteiger partial charge on any atom is 0.193 e. The third kappa shape index (κ3) is 7.10. The second-order valence-electron chi connectivity index (χ2n) is 1.28. The zero-order valence-electron chi connectivity index (χ0n) is 8.22. The first-order valence-electron chi connectivity index (χ1n) is 4.32. The number of nitrogens with zero attached hydrogens (tertiary/aromatic N) is 1. The molecule has 0 N–H and O–H groups in total. The van der Waals surface area contributed by atoms with E-state index in [4.69, 9.17) is 4.42 Å². The first-order valence-corrected chi connectivity index (χ1v) is 4.32. The molecule has 0 unspecified atom stereocenters. The highest BCUT2D eigenvalue weighted by molar-refractivity contribution is 4.76. The minimum atomic E-state index is 0.806. The normalized spacial score (nSPS) is 7.00. The van der Waals surface area contributed by atoms with E-state index in [1.807, 2.05) is 34.6 Å². The molecule has 0 amide bonds. The first-order chi connectivity index (χ1) is 5.43. The number of hydrogen-bond donors (Lipinski definition) is 0. The topological polar surface area (TPSA) is 26.0 Å². The molecule has 1 aromatic rings. The van der Waals surface area contributed by atoms with E-state index >= 15 is 0 Å². The molecule has 66 valence electrons. The van der Waals surface area contributed by atoms with Crippen molar-refractivity contribution in [2.75, 3.05) is 0 Å². The summed E-state index contributed by atoms with van der Waals surface area (Å²) in [6.45, 7) is 10.0. The number of hydrogen-bond acceptors (Lipinski definition) is 2. The Morgan fingerprint density at radius 2 is 1.82 bits per heavy atom. The van der Waals surface area contributed by atoms with Gasteiger partial charge in [-0.25, -0.2) is 4.98 Å². The van der Waals surface area contributed by atoms with E-state index in [-0.39, 0.29) is 0 Å². The molecule has 0 bridgehead atoms. The maximum atomic E-state index is 4.87. The molecule has 0 saturated carbocycles. The van der Waals surface area contributed by atoms with Gasteiger partial charge in [-0.2, -0.15) is 0 Å². The lowest BCUT2D eigenvalue weighted by molar-refractivity contribution is 0.501. The summed E-state index contributed by atoms with van der Waals surface area (Å²) in [6.07, 6.45) is 4.12. The number of oxazole rings is 1. The van der Waals surface area contributed by atoms with Gasteiger partial charge in [0.25, 0.3) is 0 Å². The van der Waals surface area contributed by atoms with Gasteiger partial charge in [-0.1, -0.05) is 34.6 Å². The molecular formula is C9H19NO. The molecule has 0 fully saturated rings. The molecule has 0 atom stereocenters. The monoisotopic (exact) mass is 157 g/mol. The average Bonchev–Trinajstić information content (AvgIpc) is 2.63. The van der Waals surface area contributed by atoms with E-state index in [0.29, 0.717) is 0 Å². The summed E-state index contributed by atoms with van der Waals surface area (Å²) in [4.78, 5) is 3.87. The molecule has 0 aliphatic rings. The van der Waals surface area contributed by atoms with Crippen molar-refractivity contribution >= 4 is 0 Å². The molecule has 0 aromatic carbocycles. The van der Waals surface area contributed by atoms with Crippen molar-refractivity contribution < 1.29 is 4.42 Å². The molecule has 11 heavy (non-hydrogen) atoms. The number of rotatable bonds is 1. The minimum Gasteiger partial charge on any atom is -0.449 e. The summed E-state index contributed by atoms with van der Waals surface area (Å²) in [5, 5.41) is 0. The molecule has 1 heterocycles. The molecule has 0 aliphatic heterocycles. The van der Waals surface area contributed by atoms with Crippen molar-refractivity contribution in [2.45, 2.75) is 41.0 Å². The zero-order chi connectivity index (χ0) is 9.11. The van der Waals surface area contributed by atoms with Crippen molar-refractivity contribution in [1.82, 2.24) is 4.98 Å². The van der Waals surface area contributed by atoms with Crippen molar-refractivity contribution in [1.29, 1.82) is 0 Å². The molecule has 0 spiro atoms. The van der Waals surface area contributed by atoms with E-state index < -0.39 is 0 Å². The van der Waals surface area contributed by atoms with Crippen molar-refractivity contribution in [2.24, 2.45) is 0 Å². The maximum absolute atomic E-state index is 4.87. The molecule has 1 aromatic heterocycles. The van der Waals surface area contributed by atoms with Gasteiger partial charge in [0, 0.05) is 6.42 Å². The van der Waals surface area contributed by atoms with Crippen LogP contribution in [0.1, 0.15) is 40.5 Å². The molecule has 2 nitrogen and oxygen atoms in total. The standard InChI is InChI=1S/C5H7NO.2C2H6/c1-2-5-6-3-4-7-5;2*1-2/h3-4H,2H2,1H3;2*1-2H3. The van der Waals surface area contributed by atoms with Crippen LogP contribution in [0.4, 0.5) is 0 Å². The lowest BCUT2D eigenvalue weighted by Crippen LogP contribution is -1.73. The van der Waals surface area contributed by atoms with Crippen LogP contribution in [0.3, 0.4) is 0 Å². The SMILES string of the molecule is CC.CC.CCc1ncco1. The lowest BCUT2D eigenvalue weighted by atomic mass is 10.5. The van der Waals surface area contributed by atoms with Crippen LogP contribution in [-0.4, -0.2) is 4.98 Å². The van der Waals surface area contributed by atoms with Crippen LogP contribution in [0.15, 0.2) is 16.9 Å². The van der Waals surface area contributed by atoms with Gasteiger partial charge in [-0.15, -0.1) is 0 Å². The van der Waals surface area contributed by atoms with Gasteiger partial charge in [0.1, 0.15) is 6.26 Å². The summed E-state index contributed by atoms with van der Waals surface area (Å²) >= 11 is 0. The summed E-state index contributed by atoms with van der Waals surface area (Å²) < 4.78 is 4.87. The quantitative estimate of drug-likeness (QED) is 0.625. The van der Waals surface area contributed by atoms with Crippen LogP contribution in [0, 0.1) is 0 Å². The van der Waals surface area contributed by atoms with Crippen LogP contribution in [0.2, 0.25) is 0 Å². The predicted octanol–water partition coefficient (Wildman–Crippen LogP) is 3.29. The van der Waals surface area contributed by atoms with Gasteiger partial charge < -0.3 is 4.42 Å². The van der Waals surface area contributed by atoms with Crippen molar-refractivity contribution in [3.05, 3.63) is 18.4 Å². The van der Waals surface area contributed by atoms with Gasteiger partial charge in [0.05, 0.1) is 6.20 Å². The van der Waals surface area contributed by atoms with E-state index in [1.165, 1.54) is 0 Å². The van der Waals surface area contributed by atoms with Gasteiger partial charge in [-0.05, 0) is 0 Å².